The van der Waals surface area contributed by atoms with Gasteiger partial charge < -0.3 is 15.4 Å². The van der Waals surface area contributed by atoms with E-state index in [9.17, 15) is 4.79 Å². The number of amides is 1. The Hall–Kier alpha value is -0.0500. The van der Waals surface area contributed by atoms with Gasteiger partial charge in [-0.15, -0.1) is 36.2 Å². The molecule has 2 heterocycles. The average Bonchev–Trinajstić information content (AvgIpc) is 2.94. The summed E-state index contributed by atoms with van der Waals surface area (Å²) in [5.74, 6) is 2.23. The second-order valence-corrected chi connectivity index (χ2v) is 6.80. The van der Waals surface area contributed by atoms with Crippen LogP contribution in [0.3, 0.4) is 0 Å². The lowest BCUT2D eigenvalue weighted by Gasteiger charge is -2.22. The first-order valence-corrected chi connectivity index (χ1v) is 8.77. The topological polar surface area (TPSA) is 63.2 Å². The summed E-state index contributed by atoms with van der Waals surface area (Å²) in [5.41, 5.74) is 0.897. The largest absolute Gasteiger partial charge is 0.375 e. The molecular weight excluding hydrogens is 365 g/mol. The molecule has 2 unspecified atom stereocenters. The summed E-state index contributed by atoms with van der Waals surface area (Å²) in [6.45, 7) is 3.45. The summed E-state index contributed by atoms with van der Waals surface area (Å²) in [6, 6.07) is 0.299. The third-order valence-corrected chi connectivity index (χ3v) is 5.35. The van der Waals surface area contributed by atoms with Crippen molar-refractivity contribution >= 4 is 53.8 Å². The molecule has 5 nitrogen and oxygen atoms in total. The van der Waals surface area contributed by atoms with E-state index in [0.29, 0.717) is 19.0 Å². The first kappa shape index (κ1) is 21.9. The third-order valence-electron chi connectivity index (χ3n) is 3.17. The lowest BCUT2D eigenvalue weighted by atomic mass is 10.2. The predicted molar refractivity (Wildman–Crippen MR) is 97.6 cm³/mol. The van der Waals surface area contributed by atoms with Gasteiger partial charge in [0.25, 0.3) is 0 Å². The molecule has 22 heavy (non-hydrogen) atoms. The lowest BCUT2D eigenvalue weighted by Crippen LogP contribution is -2.41. The Balaban J connectivity index is 0.00000220. The van der Waals surface area contributed by atoms with E-state index in [1.807, 2.05) is 24.1 Å². The quantitative estimate of drug-likeness (QED) is 0.784. The highest BCUT2D eigenvalue weighted by Crippen LogP contribution is 2.20. The second-order valence-electron chi connectivity index (χ2n) is 4.76. The Kier molecular flexibility index (Phi) is 11.5. The summed E-state index contributed by atoms with van der Waals surface area (Å²) >= 11 is 3.47. The molecule has 128 valence electrons. The van der Waals surface area contributed by atoms with Gasteiger partial charge in [0.15, 0.2) is 0 Å². The van der Waals surface area contributed by atoms with Crippen molar-refractivity contribution in [3.05, 3.63) is 16.1 Å². The number of ether oxygens (including phenoxy) is 1. The van der Waals surface area contributed by atoms with Crippen LogP contribution in [0, 0.1) is 0 Å². The molecular formula is C13H23Cl2N3O2S2. The van der Waals surface area contributed by atoms with Crippen molar-refractivity contribution in [1.82, 2.24) is 15.6 Å². The highest BCUT2D eigenvalue weighted by atomic mass is 35.5. The highest BCUT2D eigenvalue weighted by molar-refractivity contribution is 7.99. The molecule has 9 heteroatoms. The van der Waals surface area contributed by atoms with Crippen molar-refractivity contribution in [1.29, 1.82) is 0 Å². The number of aromatic nitrogens is 1. The molecule has 1 aromatic heterocycles. The van der Waals surface area contributed by atoms with Gasteiger partial charge >= 0.3 is 0 Å². The van der Waals surface area contributed by atoms with Crippen molar-refractivity contribution in [2.24, 2.45) is 0 Å². The van der Waals surface area contributed by atoms with Crippen molar-refractivity contribution in [3.63, 3.8) is 0 Å². The van der Waals surface area contributed by atoms with Gasteiger partial charge in [0.1, 0.15) is 11.1 Å². The van der Waals surface area contributed by atoms with E-state index in [-0.39, 0.29) is 36.8 Å². The van der Waals surface area contributed by atoms with Gasteiger partial charge in [0.2, 0.25) is 5.91 Å². The van der Waals surface area contributed by atoms with Gasteiger partial charge in [-0.1, -0.05) is 0 Å². The molecule has 0 saturated carbocycles. The van der Waals surface area contributed by atoms with Crippen LogP contribution < -0.4 is 10.6 Å². The number of hydrogen-bond acceptors (Lipinski definition) is 6. The number of nitrogens with zero attached hydrogens (tertiary/aromatic N) is 1. The molecule has 1 aliphatic heterocycles. The fourth-order valence-corrected chi connectivity index (χ4v) is 3.73. The maximum absolute atomic E-state index is 11.9. The zero-order chi connectivity index (χ0) is 14.4. The van der Waals surface area contributed by atoms with Gasteiger partial charge in [0.05, 0.1) is 12.2 Å². The van der Waals surface area contributed by atoms with E-state index >= 15 is 0 Å². The number of nitrogens with one attached hydrogen (secondary N) is 2. The van der Waals surface area contributed by atoms with Gasteiger partial charge in [-0.3, -0.25) is 4.79 Å². The molecule has 2 atom stereocenters. The second kappa shape index (κ2) is 11.5. The Bertz CT molecular complexity index is 443. The summed E-state index contributed by atoms with van der Waals surface area (Å²) in [7, 11) is 1.67. The summed E-state index contributed by atoms with van der Waals surface area (Å²) in [5, 5.41) is 9.21. The predicted octanol–water partition coefficient (Wildman–Crippen LogP) is 2.41. The molecule has 0 aliphatic carbocycles. The van der Waals surface area contributed by atoms with Crippen molar-refractivity contribution in [3.8, 4) is 0 Å². The molecule has 1 saturated heterocycles. The minimum atomic E-state index is 0. The molecule has 1 aromatic rings. The molecule has 1 fully saturated rings. The van der Waals surface area contributed by atoms with E-state index in [0.717, 1.165) is 28.8 Å². The highest BCUT2D eigenvalue weighted by Gasteiger charge is 2.17. The number of carbonyl (C=O) groups excluding carboxylic acids is 1. The van der Waals surface area contributed by atoms with Crippen LogP contribution in [0.15, 0.2) is 5.38 Å². The van der Waals surface area contributed by atoms with Crippen LogP contribution in [0.25, 0.3) is 0 Å². The monoisotopic (exact) mass is 387 g/mol. The van der Waals surface area contributed by atoms with E-state index in [4.69, 9.17) is 4.74 Å². The molecule has 2 rings (SSSR count). The van der Waals surface area contributed by atoms with Crippen LogP contribution >= 0.6 is 47.9 Å². The Labute approximate surface area is 152 Å². The average molecular weight is 388 g/mol. The van der Waals surface area contributed by atoms with E-state index in [1.165, 1.54) is 0 Å². The molecule has 0 radical (unpaired) electrons. The maximum atomic E-state index is 11.9. The fourth-order valence-electron chi connectivity index (χ4n) is 1.93. The first-order valence-electron chi connectivity index (χ1n) is 6.74. The van der Waals surface area contributed by atoms with Crippen LogP contribution in [-0.2, 0) is 16.1 Å². The molecule has 0 spiro atoms. The summed E-state index contributed by atoms with van der Waals surface area (Å²) in [6.07, 6.45) is 0.547. The van der Waals surface area contributed by atoms with Gasteiger partial charge in [-0.25, -0.2) is 4.98 Å². The molecule has 1 aliphatic rings. The van der Waals surface area contributed by atoms with Gasteiger partial charge in [-0.05, 0) is 6.92 Å². The lowest BCUT2D eigenvalue weighted by molar-refractivity contribution is -0.121. The number of thioether (sulfide) groups is 1. The van der Waals surface area contributed by atoms with Crippen molar-refractivity contribution in [2.75, 3.05) is 25.2 Å². The van der Waals surface area contributed by atoms with Crippen LogP contribution in [0.5, 0.6) is 0 Å². The SMILES string of the molecule is COC(C)c1nc(CNC(=O)CC2CSCCN2)cs1.Cl.Cl. The van der Waals surface area contributed by atoms with Crippen LogP contribution in [-0.4, -0.2) is 42.1 Å². The Morgan fingerprint density at radius 2 is 2.36 bits per heavy atom. The third kappa shape index (κ3) is 7.02. The summed E-state index contributed by atoms with van der Waals surface area (Å²) < 4.78 is 5.23. The maximum Gasteiger partial charge on any atom is 0.221 e. The number of rotatable bonds is 6. The molecule has 0 bridgehead atoms. The van der Waals surface area contributed by atoms with Crippen LogP contribution in [0.4, 0.5) is 0 Å². The minimum absolute atomic E-state index is 0. The Morgan fingerprint density at radius 1 is 1.59 bits per heavy atom. The molecule has 0 aromatic carbocycles. The minimum Gasteiger partial charge on any atom is -0.375 e. The standard InChI is InChI=1S/C13H21N3O2S2.2ClH/c1-9(18-2)13-16-11(8-20-13)6-15-12(17)5-10-7-19-4-3-14-10;;/h8-10,14H,3-7H2,1-2H3,(H,15,17);2*1H. The van der Waals surface area contributed by atoms with E-state index in [1.54, 1.807) is 18.4 Å². The smallest absolute Gasteiger partial charge is 0.221 e. The summed E-state index contributed by atoms with van der Waals surface area (Å²) in [4.78, 5) is 16.3. The number of hydrogen-bond donors (Lipinski definition) is 2. The van der Waals surface area contributed by atoms with Crippen LogP contribution in [0.1, 0.15) is 30.2 Å². The van der Waals surface area contributed by atoms with Crippen molar-refractivity contribution < 1.29 is 9.53 Å². The van der Waals surface area contributed by atoms with Gasteiger partial charge in [0, 0.05) is 43.0 Å². The van der Waals surface area contributed by atoms with E-state index in [2.05, 4.69) is 15.6 Å². The van der Waals surface area contributed by atoms with Crippen LogP contribution in [0.2, 0.25) is 0 Å². The number of methoxy groups -OCH3 is 1. The number of halogens is 2. The van der Waals surface area contributed by atoms with E-state index < -0.39 is 0 Å². The number of thiazole rings is 1. The first-order chi connectivity index (χ1) is 9.69. The zero-order valence-corrected chi connectivity index (χ0v) is 15.9. The zero-order valence-electron chi connectivity index (χ0n) is 12.7. The Morgan fingerprint density at radius 3 is 3.00 bits per heavy atom. The normalized spacial score (nSPS) is 18.7. The molecule has 2 N–H and O–H groups in total. The fraction of sp³-hybridized carbons (Fsp3) is 0.692. The van der Waals surface area contributed by atoms with Gasteiger partial charge in [-0.2, -0.15) is 11.8 Å². The molecule has 1 amide bonds. The van der Waals surface area contributed by atoms with Crippen molar-refractivity contribution in [2.45, 2.75) is 32.0 Å². The number of carbonyl (C=O) groups is 1.